The molecule has 140 valence electrons. The molecule has 5 atom stereocenters. The van der Waals surface area contributed by atoms with Crippen LogP contribution in [0, 0.1) is 17.3 Å². The third-order valence-corrected chi connectivity index (χ3v) is 6.93. The quantitative estimate of drug-likeness (QED) is 0.721. The summed E-state index contributed by atoms with van der Waals surface area (Å²) in [5.74, 6) is 0.263. The van der Waals surface area contributed by atoms with E-state index < -0.39 is 12.6 Å². The van der Waals surface area contributed by atoms with Crippen LogP contribution in [-0.2, 0) is 9.63 Å². The third kappa shape index (κ3) is 2.67. The predicted molar refractivity (Wildman–Crippen MR) is 95.2 cm³/mol. The van der Waals surface area contributed by atoms with Crippen LogP contribution in [0.5, 0.6) is 5.75 Å². The Labute approximate surface area is 152 Å². The lowest BCUT2D eigenvalue weighted by Gasteiger charge is -2.50. The summed E-state index contributed by atoms with van der Waals surface area (Å²) in [7, 11) is 0. The van der Waals surface area contributed by atoms with Gasteiger partial charge in [0.05, 0.1) is 11.8 Å². The number of nitrogens with zero attached hydrogens (tertiary/aromatic N) is 1. The number of aliphatic carboxylic acids is 1. The van der Waals surface area contributed by atoms with Crippen molar-refractivity contribution in [3.63, 3.8) is 0 Å². The van der Waals surface area contributed by atoms with Crippen LogP contribution in [-0.4, -0.2) is 39.7 Å². The second-order valence-electron chi connectivity index (χ2n) is 8.20. The highest BCUT2D eigenvalue weighted by Gasteiger charge is 2.55. The van der Waals surface area contributed by atoms with Gasteiger partial charge in [-0.25, -0.2) is 4.79 Å². The van der Waals surface area contributed by atoms with Gasteiger partial charge >= 0.3 is 5.97 Å². The topological polar surface area (TPSA) is 99.4 Å². The second kappa shape index (κ2) is 6.27. The molecule has 1 aromatic carbocycles. The van der Waals surface area contributed by atoms with Crippen molar-refractivity contribution in [1.82, 2.24) is 0 Å². The molecule has 1 aromatic rings. The Balaban J connectivity index is 1.72. The second-order valence-corrected chi connectivity index (χ2v) is 8.20. The maximum absolute atomic E-state index is 10.7. The standard InChI is InChI=1S/C20H25NO5/c1-20-7-6-13-12-3-2-11(22)8-15(12)17(21-26-10-19(24)25)9-14(13)16(20)4-5-18(20)23/h2-3,8,13-14,16,18,22-23H,4-7,9-10H2,1H3,(H,24,25)/b21-17+/t13?,14?,16?,18-,20-/m0/s1. The van der Waals surface area contributed by atoms with Gasteiger partial charge in [-0.3, -0.25) is 0 Å². The van der Waals surface area contributed by atoms with E-state index in [-0.39, 0.29) is 17.3 Å². The van der Waals surface area contributed by atoms with Crippen molar-refractivity contribution in [3.8, 4) is 5.75 Å². The molecule has 3 unspecified atom stereocenters. The lowest BCUT2D eigenvalue weighted by Crippen LogP contribution is -2.45. The Morgan fingerprint density at radius 3 is 2.92 bits per heavy atom. The molecule has 3 aliphatic rings. The number of carboxylic acids is 1. The number of hydrogen-bond donors (Lipinski definition) is 3. The van der Waals surface area contributed by atoms with Crippen LogP contribution in [0.2, 0.25) is 0 Å². The summed E-state index contributed by atoms with van der Waals surface area (Å²) in [5.41, 5.74) is 2.66. The molecule has 6 nitrogen and oxygen atoms in total. The van der Waals surface area contributed by atoms with Crippen molar-refractivity contribution in [2.45, 2.75) is 51.0 Å². The summed E-state index contributed by atoms with van der Waals surface area (Å²) < 4.78 is 0. The lowest BCUT2D eigenvalue weighted by atomic mass is 9.55. The Morgan fingerprint density at radius 2 is 2.15 bits per heavy atom. The SMILES string of the molecule is C[C@]12CCC3c4ccc(O)cc4/C(=N/OCC(=O)O)CC3C1CC[C@@H]2O. The fourth-order valence-corrected chi connectivity index (χ4v) is 5.63. The highest BCUT2D eigenvalue weighted by Crippen LogP contribution is 2.60. The van der Waals surface area contributed by atoms with E-state index in [1.54, 1.807) is 12.1 Å². The van der Waals surface area contributed by atoms with Crippen LogP contribution in [0.4, 0.5) is 0 Å². The smallest absolute Gasteiger partial charge is 0.344 e. The minimum absolute atomic E-state index is 0.0530. The molecule has 0 amide bonds. The van der Waals surface area contributed by atoms with Gasteiger partial charge < -0.3 is 20.2 Å². The Bertz CT molecular complexity index is 761. The van der Waals surface area contributed by atoms with Gasteiger partial charge in [0.15, 0.2) is 0 Å². The van der Waals surface area contributed by atoms with Gasteiger partial charge in [0.2, 0.25) is 6.61 Å². The maximum Gasteiger partial charge on any atom is 0.344 e. The number of hydrogen-bond acceptors (Lipinski definition) is 5. The summed E-state index contributed by atoms with van der Waals surface area (Å²) >= 11 is 0. The average molecular weight is 359 g/mol. The Kier molecular flexibility index (Phi) is 4.18. The minimum Gasteiger partial charge on any atom is -0.508 e. The van der Waals surface area contributed by atoms with Gasteiger partial charge in [-0.15, -0.1) is 0 Å². The Morgan fingerprint density at radius 1 is 1.35 bits per heavy atom. The summed E-state index contributed by atoms with van der Waals surface area (Å²) in [4.78, 5) is 15.8. The van der Waals surface area contributed by atoms with Crippen molar-refractivity contribution in [2.75, 3.05) is 6.61 Å². The number of rotatable bonds is 3. The lowest BCUT2D eigenvalue weighted by molar-refractivity contribution is -0.142. The third-order valence-electron chi connectivity index (χ3n) is 6.93. The summed E-state index contributed by atoms with van der Waals surface area (Å²) in [6.45, 7) is 1.72. The van der Waals surface area contributed by atoms with Crippen molar-refractivity contribution in [1.29, 1.82) is 0 Å². The number of phenolic OH excluding ortho intramolecular Hbond substituents is 1. The molecule has 3 aliphatic carbocycles. The highest BCUT2D eigenvalue weighted by atomic mass is 16.6. The van der Waals surface area contributed by atoms with Gasteiger partial charge in [-0.1, -0.05) is 18.1 Å². The first-order valence-corrected chi connectivity index (χ1v) is 9.32. The van der Waals surface area contributed by atoms with E-state index in [1.807, 2.05) is 6.07 Å². The Hall–Kier alpha value is -2.08. The molecule has 6 heteroatoms. The minimum atomic E-state index is -1.07. The van der Waals surface area contributed by atoms with E-state index in [9.17, 15) is 15.0 Å². The monoisotopic (exact) mass is 359 g/mol. The van der Waals surface area contributed by atoms with Crippen molar-refractivity contribution in [3.05, 3.63) is 29.3 Å². The number of aromatic hydroxyl groups is 1. The first kappa shape index (κ1) is 17.3. The maximum atomic E-state index is 10.7. The molecule has 3 N–H and O–H groups in total. The number of fused-ring (bicyclic) bond motifs is 5. The molecular formula is C20H25NO5. The molecule has 0 saturated heterocycles. The molecule has 0 heterocycles. The zero-order chi connectivity index (χ0) is 18.5. The van der Waals surface area contributed by atoms with Crippen LogP contribution < -0.4 is 0 Å². The van der Waals surface area contributed by atoms with Gasteiger partial charge in [0.25, 0.3) is 0 Å². The van der Waals surface area contributed by atoms with Gasteiger partial charge in [0, 0.05) is 5.56 Å². The molecule has 0 spiro atoms. The normalized spacial score (nSPS) is 36.9. The van der Waals surface area contributed by atoms with Gasteiger partial charge in [-0.05, 0) is 73.0 Å². The number of aliphatic hydroxyl groups excluding tert-OH is 1. The molecule has 0 radical (unpaired) electrons. The zero-order valence-corrected chi connectivity index (χ0v) is 14.9. The summed E-state index contributed by atoms with van der Waals surface area (Å²) in [5, 5.41) is 33.3. The predicted octanol–water partition coefficient (Wildman–Crippen LogP) is 2.87. The summed E-state index contributed by atoms with van der Waals surface area (Å²) in [6.07, 6.45) is 4.30. The number of carboxylic acid groups (broad SMARTS) is 1. The van der Waals surface area contributed by atoms with E-state index in [1.165, 1.54) is 0 Å². The fraction of sp³-hybridized carbons (Fsp3) is 0.600. The van der Waals surface area contributed by atoms with E-state index in [2.05, 4.69) is 12.1 Å². The molecule has 0 bridgehead atoms. The number of aliphatic hydroxyl groups is 1. The zero-order valence-electron chi connectivity index (χ0n) is 14.9. The van der Waals surface area contributed by atoms with Crippen molar-refractivity contribution < 1.29 is 25.0 Å². The van der Waals surface area contributed by atoms with Gasteiger partial charge in [-0.2, -0.15) is 0 Å². The average Bonchev–Trinajstić information content (AvgIpc) is 2.90. The largest absolute Gasteiger partial charge is 0.508 e. The van der Waals surface area contributed by atoms with Gasteiger partial charge in [0.1, 0.15) is 5.75 Å². The van der Waals surface area contributed by atoms with E-state index in [4.69, 9.17) is 9.94 Å². The van der Waals surface area contributed by atoms with E-state index >= 15 is 0 Å². The van der Waals surface area contributed by atoms with Crippen LogP contribution in [0.1, 0.15) is 56.1 Å². The fourth-order valence-electron chi connectivity index (χ4n) is 5.63. The van der Waals surface area contributed by atoms with E-state index in [0.29, 0.717) is 29.9 Å². The molecule has 0 aliphatic heterocycles. The molecule has 0 aromatic heterocycles. The number of carbonyl (C=O) groups is 1. The molecular weight excluding hydrogens is 334 g/mol. The first-order valence-electron chi connectivity index (χ1n) is 9.32. The van der Waals surface area contributed by atoms with Crippen LogP contribution >= 0.6 is 0 Å². The number of oxime groups is 1. The first-order chi connectivity index (χ1) is 12.4. The molecule has 26 heavy (non-hydrogen) atoms. The van der Waals surface area contributed by atoms with Crippen molar-refractivity contribution in [2.24, 2.45) is 22.4 Å². The molecule has 4 rings (SSSR count). The number of benzene rings is 1. The molecule has 2 saturated carbocycles. The van der Waals surface area contributed by atoms with Crippen molar-refractivity contribution >= 4 is 11.7 Å². The van der Waals surface area contributed by atoms with Crippen LogP contribution in [0.15, 0.2) is 23.4 Å². The van der Waals surface area contributed by atoms with Crippen LogP contribution in [0.3, 0.4) is 0 Å². The molecule has 2 fully saturated rings. The van der Waals surface area contributed by atoms with E-state index in [0.717, 1.165) is 36.8 Å². The summed E-state index contributed by atoms with van der Waals surface area (Å²) in [6, 6.07) is 5.36. The highest BCUT2D eigenvalue weighted by molar-refractivity contribution is 6.03. The number of phenols is 1. The van der Waals surface area contributed by atoms with Crippen LogP contribution in [0.25, 0.3) is 0 Å².